The second-order valence-corrected chi connectivity index (χ2v) is 7.85. The Bertz CT molecular complexity index is 1100. The zero-order valence-electron chi connectivity index (χ0n) is 15.3. The van der Waals surface area contributed by atoms with Crippen LogP contribution in [0.25, 0.3) is 11.3 Å². The minimum Gasteiger partial charge on any atom is -0.482 e. The Hall–Kier alpha value is -3.10. The van der Waals surface area contributed by atoms with Crippen molar-refractivity contribution in [3.8, 4) is 22.8 Å². The first-order valence-corrected chi connectivity index (χ1v) is 9.91. The van der Waals surface area contributed by atoms with Gasteiger partial charge in [0.2, 0.25) is 0 Å². The predicted molar refractivity (Wildman–Crippen MR) is 112 cm³/mol. The van der Waals surface area contributed by atoms with E-state index >= 15 is 0 Å². The number of aromatic nitrogens is 1. The lowest BCUT2D eigenvalue weighted by molar-refractivity contribution is -0.119. The highest BCUT2D eigenvalue weighted by molar-refractivity contribution is 7.16. The first-order chi connectivity index (χ1) is 14.0. The summed E-state index contributed by atoms with van der Waals surface area (Å²) >= 11 is 7.37. The minimum atomic E-state index is -0.337. The quantitative estimate of drug-likeness (QED) is 0.636. The number of carbonyl (C=O) groups is 2. The second kappa shape index (κ2) is 8.10. The SMILES string of the molecule is Cc1sc(NC(=O)COc2ccccc2Cl)nc1-c1ccc2c(c1)NC(=O)CO2. The van der Waals surface area contributed by atoms with Crippen molar-refractivity contribution in [2.24, 2.45) is 0 Å². The molecule has 2 N–H and O–H groups in total. The molecule has 1 aromatic heterocycles. The molecule has 9 heteroatoms. The van der Waals surface area contributed by atoms with Crippen LogP contribution in [0.15, 0.2) is 42.5 Å². The summed E-state index contributed by atoms with van der Waals surface area (Å²) in [7, 11) is 0. The third-order valence-corrected chi connectivity index (χ3v) is 5.32. The van der Waals surface area contributed by atoms with Gasteiger partial charge in [-0.25, -0.2) is 4.98 Å². The van der Waals surface area contributed by atoms with Gasteiger partial charge in [0.25, 0.3) is 11.8 Å². The van der Waals surface area contributed by atoms with E-state index in [0.717, 1.165) is 16.1 Å². The van der Waals surface area contributed by atoms with E-state index in [1.807, 2.05) is 13.0 Å². The molecule has 148 valence electrons. The van der Waals surface area contributed by atoms with Crippen LogP contribution in [0.5, 0.6) is 11.5 Å². The maximum atomic E-state index is 12.2. The Labute approximate surface area is 175 Å². The number of ether oxygens (including phenoxy) is 2. The number of fused-ring (bicyclic) bond motifs is 1. The molecule has 2 amide bonds. The molecule has 0 bridgehead atoms. The first-order valence-electron chi connectivity index (χ1n) is 8.71. The van der Waals surface area contributed by atoms with Crippen LogP contribution < -0.4 is 20.1 Å². The van der Waals surface area contributed by atoms with E-state index in [9.17, 15) is 9.59 Å². The molecular weight excluding hydrogens is 414 g/mol. The molecule has 0 saturated carbocycles. The second-order valence-electron chi connectivity index (χ2n) is 6.24. The first kappa shape index (κ1) is 19.2. The number of nitrogens with zero attached hydrogens (tertiary/aromatic N) is 1. The number of anilines is 2. The van der Waals surface area contributed by atoms with Crippen molar-refractivity contribution in [2.75, 3.05) is 23.8 Å². The number of hydrogen-bond acceptors (Lipinski definition) is 6. The molecule has 0 spiro atoms. The number of aryl methyl sites for hydroxylation is 1. The van der Waals surface area contributed by atoms with Crippen molar-refractivity contribution < 1.29 is 19.1 Å². The van der Waals surface area contributed by atoms with Gasteiger partial charge < -0.3 is 14.8 Å². The molecule has 7 nitrogen and oxygen atoms in total. The van der Waals surface area contributed by atoms with Crippen LogP contribution in [-0.4, -0.2) is 30.0 Å². The monoisotopic (exact) mass is 429 g/mol. The summed E-state index contributed by atoms with van der Waals surface area (Å²) in [6.07, 6.45) is 0. The zero-order valence-corrected chi connectivity index (χ0v) is 16.9. The fraction of sp³-hybridized carbons (Fsp3) is 0.150. The topological polar surface area (TPSA) is 89.5 Å². The smallest absolute Gasteiger partial charge is 0.264 e. The van der Waals surface area contributed by atoms with Gasteiger partial charge in [-0.15, -0.1) is 11.3 Å². The number of para-hydroxylation sites is 1. The summed E-state index contributed by atoms with van der Waals surface area (Å²) < 4.78 is 10.8. The molecule has 2 aromatic carbocycles. The summed E-state index contributed by atoms with van der Waals surface area (Å²) in [5, 5.41) is 6.42. The molecule has 4 rings (SSSR count). The molecule has 1 aliphatic rings. The number of nitrogens with one attached hydrogen (secondary N) is 2. The van der Waals surface area contributed by atoms with E-state index < -0.39 is 0 Å². The highest BCUT2D eigenvalue weighted by Gasteiger charge is 2.19. The maximum absolute atomic E-state index is 12.2. The Morgan fingerprint density at radius 1 is 1.34 bits per heavy atom. The summed E-state index contributed by atoms with van der Waals surface area (Å²) in [4.78, 5) is 29.2. The molecule has 0 radical (unpaired) electrons. The largest absolute Gasteiger partial charge is 0.482 e. The van der Waals surface area contributed by atoms with Gasteiger partial charge in [-0.1, -0.05) is 23.7 Å². The highest BCUT2D eigenvalue weighted by Crippen LogP contribution is 2.36. The van der Waals surface area contributed by atoms with Gasteiger partial charge in [-0.05, 0) is 37.3 Å². The van der Waals surface area contributed by atoms with E-state index in [4.69, 9.17) is 21.1 Å². The van der Waals surface area contributed by atoms with Crippen LogP contribution in [0, 0.1) is 6.92 Å². The Morgan fingerprint density at radius 3 is 3.00 bits per heavy atom. The van der Waals surface area contributed by atoms with Crippen molar-refractivity contribution in [1.29, 1.82) is 0 Å². The molecule has 2 heterocycles. The third kappa shape index (κ3) is 4.33. The zero-order chi connectivity index (χ0) is 20.4. The lowest BCUT2D eigenvalue weighted by atomic mass is 10.1. The maximum Gasteiger partial charge on any atom is 0.264 e. The Morgan fingerprint density at radius 2 is 2.17 bits per heavy atom. The fourth-order valence-corrected chi connectivity index (χ4v) is 3.85. The minimum absolute atomic E-state index is 0.00845. The summed E-state index contributed by atoms with van der Waals surface area (Å²) in [5.74, 6) is 0.526. The predicted octanol–water partition coefficient (Wildman–Crippen LogP) is 4.12. The Balaban J connectivity index is 1.45. The van der Waals surface area contributed by atoms with Gasteiger partial charge in [-0.3, -0.25) is 14.9 Å². The average Bonchev–Trinajstić information content (AvgIpc) is 3.06. The molecule has 0 unspecified atom stereocenters. The normalized spacial score (nSPS) is 12.6. The van der Waals surface area contributed by atoms with E-state index in [-0.39, 0.29) is 25.0 Å². The fourth-order valence-electron chi connectivity index (χ4n) is 2.81. The van der Waals surface area contributed by atoms with Gasteiger partial charge in [0, 0.05) is 10.4 Å². The van der Waals surface area contributed by atoms with Crippen molar-refractivity contribution in [1.82, 2.24) is 4.98 Å². The lowest BCUT2D eigenvalue weighted by Gasteiger charge is -2.18. The molecule has 29 heavy (non-hydrogen) atoms. The number of hydrogen-bond donors (Lipinski definition) is 2. The molecule has 0 aliphatic carbocycles. The molecule has 0 atom stereocenters. The van der Waals surface area contributed by atoms with Crippen molar-refractivity contribution >= 4 is 45.6 Å². The number of halogens is 1. The van der Waals surface area contributed by atoms with Crippen molar-refractivity contribution in [3.05, 3.63) is 52.4 Å². The molecule has 0 fully saturated rings. The summed E-state index contributed by atoms with van der Waals surface area (Å²) in [6.45, 7) is 1.74. The molecule has 3 aromatic rings. The summed E-state index contributed by atoms with van der Waals surface area (Å²) in [6, 6.07) is 12.4. The van der Waals surface area contributed by atoms with Crippen molar-refractivity contribution in [2.45, 2.75) is 6.92 Å². The number of rotatable bonds is 5. The van der Waals surface area contributed by atoms with Gasteiger partial charge in [0.15, 0.2) is 18.3 Å². The molecule has 0 saturated heterocycles. The number of benzene rings is 2. The third-order valence-electron chi connectivity index (χ3n) is 4.12. The lowest BCUT2D eigenvalue weighted by Crippen LogP contribution is -2.25. The van der Waals surface area contributed by atoms with Crippen molar-refractivity contribution in [3.63, 3.8) is 0 Å². The van der Waals surface area contributed by atoms with Crippen LogP contribution in [0.2, 0.25) is 5.02 Å². The van der Waals surface area contributed by atoms with Gasteiger partial charge >= 0.3 is 0 Å². The number of thiazole rings is 1. The van der Waals surface area contributed by atoms with Crippen LogP contribution in [0.1, 0.15) is 4.88 Å². The van der Waals surface area contributed by atoms with E-state index in [2.05, 4.69) is 15.6 Å². The highest BCUT2D eigenvalue weighted by atomic mass is 35.5. The van der Waals surface area contributed by atoms with Crippen LogP contribution in [-0.2, 0) is 9.59 Å². The van der Waals surface area contributed by atoms with Crippen LogP contribution in [0.4, 0.5) is 10.8 Å². The summed E-state index contributed by atoms with van der Waals surface area (Å²) in [5.41, 5.74) is 2.14. The van der Waals surface area contributed by atoms with Crippen LogP contribution in [0.3, 0.4) is 0 Å². The van der Waals surface area contributed by atoms with Gasteiger partial charge in [-0.2, -0.15) is 0 Å². The van der Waals surface area contributed by atoms with E-state index in [1.165, 1.54) is 11.3 Å². The van der Waals surface area contributed by atoms with E-state index in [1.54, 1.807) is 36.4 Å². The molecular formula is C20H16ClN3O4S. The Kier molecular flexibility index (Phi) is 5.37. The average molecular weight is 430 g/mol. The van der Waals surface area contributed by atoms with E-state index in [0.29, 0.717) is 27.3 Å². The van der Waals surface area contributed by atoms with Crippen LogP contribution >= 0.6 is 22.9 Å². The number of carbonyl (C=O) groups excluding carboxylic acids is 2. The molecule has 1 aliphatic heterocycles. The van der Waals surface area contributed by atoms with Gasteiger partial charge in [0.1, 0.15) is 11.5 Å². The number of amides is 2. The van der Waals surface area contributed by atoms with Gasteiger partial charge in [0.05, 0.1) is 16.4 Å². The standard InChI is InChI=1S/C20H16ClN3O4S/c1-11-19(12-6-7-16-14(8-12)22-17(25)9-28-16)24-20(29-11)23-18(26)10-27-15-5-3-2-4-13(15)21/h2-8H,9-10H2,1H3,(H,22,25)(H,23,24,26).